The molecule has 0 fully saturated rings. The molecule has 1 amide bonds. The van der Waals surface area contributed by atoms with E-state index in [4.69, 9.17) is 4.99 Å². The maximum atomic E-state index is 11.6. The number of rotatable bonds is 4. The molecule has 0 aliphatic carbocycles. The summed E-state index contributed by atoms with van der Waals surface area (Å²) in [6.07, 6.45) is 1.04. The fraction of sp³-hybridized carbons (Fsp3) is 0.300. The number of benzene rings is 2. The Morgan fingerprint density at radius 1 is 1.15 bits per heavy atom. The molecule has 2 aromatic rings. The summed E-state index contributed by atoms with van der Waals surface area (Å²) in [5.74, 6) is 0.833. The molecule has 3 rings (SSSR count). The molecule has 0 atom stereocenters. The van der Waals surface area contributed by atoms with Crippen molar-refractivity contribution >= 4 is 41.5 Å². The largest absolute Gasteiger partial charge is 0.356 e. The number of hydrogen-bond acceptors (Lipinski definition) is 2. The van der Waals surface area contributed by atoms with Crippen molar-refractivity contribution in [3.05, 3.63) is 65.2 Å². The number of anilines is 1. The predicted octanol–water partition coefficient (Wildman–Crippen LogP) is 3.19. The molecule has 0 bridgehead atoms. The third-order valence-electron chi connectivity index (χ3n) is 4.33. The first kappa shape index (κ1) is 20.2. The van der Waals surface area contributed by atoms with Crippen LogP contribution in [0.15, 0.2) is 53.5 Å². The van der Waals surface area contributed by atoms with Crippen LogP contribution in [0.2, 0.25) is 0 Å². The molecule has 0 saturated carbocycles. The number of para-hydroxylation sites is 1. The van der Waals surface area contributed by atoms with E-state index < -0.39 is 0 Å². The van der Waals surface area contributed by atoms with Gasteiger partial charge in [0, 0.05) is 31.4 Å². The Bertz CT molecular complexity index is 774. The number of nitrogens with zero attached hydrogens (tertiary/aromatic N) is 2. The Balaban J connectivity index is 0.00000243. The van der Waals surface area contributed by atoms with Gasteiger partial charge >= 0.3 is 0 Å². The minimum atomic E-state index is -0.0722. The zero-order chi connectivity index (χ0) is 17.6. The fourth-order valence-electron chi connectivity index (χ4n) is 3.03. The second kappa shape index (κ2) is 9.56. The van der Waals surface area contributed by atoms with Crippen LogP contribution in [-0.4, -0.2) is 32.0 Å². The van der Waals surface area contributed by atoms with Crippen molar-refractivity contribution in [2.45, 2.75) is 19.9 Å². The summed E-state index contributed by atoms with van der Waals surface area (Å²) in [5.41, 5.74) is 4.34. The van der Waals surface area contributed by atoms with Crippen LogP contribution >= 0.6 is 24.0 Å². The molecule has 1 aliphatic rings. The van der Waals surface area contributed by atoms with E-state index in [9.17, 15) is 4.79 Å². The van der Waals surface area contributed by atoms with Crippen molar-refractivity contribution in [1.29, 1.82) is 0 Å². The topological polar surface area (TPSA) is 56.7 Å². The quantitative estimate of drug-likeness (QED) is 0.415. The second-order valence-electron chi connectivity index (χ2n) is 5.98. The maximum absolute atomic E-state index is 11.6. The van der Waals surface area contributed by atoms with E-state index in [0.29, 0.717) is 12.1 Å². The van der Waals surface area contributed by atoms with E-state index in [-0.39, 0.29) is 29.9 Å². The summed E-state index contributed by atoms with van der Waals surface area (Å²) >= 11 is 0. The fourth-order valence-corrected chi connectivity index (χ4v) is 3.03. The number of carbonyl (C=O) groups is 1. The highest BCUT2D eigenvalue weighted by molar-refractivity contribution is 14.0. The molecule has 0 aromatic heterocycles. The van der Waals surface area contributed by atoms with E-state index in [1.807, 2.05) is 24.3 Å². The first-order valence-electron chi connectivity index (χ1n) is 8.67. The summed E-state index contributed by atoms with van der Waals surface area (Å²) in [7, 11) is 1.64. The number of amides is 1. The molecule has 26 heavy (non-hydrogen) atoms. The molecule has 0 saturated heterocycles. The highest BCUT2D eigenvalue weighted by Gasteiger charge is 2.22. The highest BCUT2D eigenvalue weighted by atomic mass is 127. The molecule has 1 heterocycles. The minimum Gasteiger partial charge on any atom is -0.356 e. The lowest BCUT2D eigenvalue weighted by Crippen LogP contribution is -2.40. The van der Waals surface area contributed by atoms with Gasteiger partial charge in [0.2, 0.25) is 0 Å². The van der Waals surface area contributed by atoms with Gasteiger partial charge in [0.1, 0.15) is 0 Å². The summed E-state index contributed by atoms with van der Waals surface area (Å²) in [6, 6.07) is 16.1. The molecule has 0 unspecified atom stereocenters. The number of aliphatic imine (C=N–C) groups is 1. The Labute approximate surface area is 171 Å². The Kier molecular flexibility index (Phi) is 7.44. The number of halogens is 1. The zero-order valence-corrected chi connectivity index (χ0v) is 17.5. The van der Waals surface area contributed by atoms with E-state index >= 15 is 0 Å². The molecule has 0 spiro atoms. The number of carbonyl (C=O) groups excluding carboxylic acids is 1. The number of hydrogen-bond donors (Lipinski definition) is 2. The highest BCUT2D eigenvalue weighted by Crippen LogP contribution is 2.27. The lowest BCUT2D eigenvalue weighted by molar-refractivity contribution is 0.0963. The lowest BCUT2D eigenvalue weighted by Gasteiger charge is -2.22. The number of fused-ring (bicyclic) bond motifs is 1. The maximum Gasteiger partial charge on any atom is 0.251 e. The summed E-state index contributed by atoms with van der Waals surface area (Å²) in [4.78, 5) is 18.6. The average molecular weight is 464 g/mol. The third kappa shape index (κ3) is 4.55. The molecule has 1 aliphatic heterocycles. The summed E-state index contributed by atoms with van der Waals surface area (Å²) < 4.78 is 0. The molecule has 2 aromatic carbocycles. The van der Waals surface area contributed by atoms with E-state index in [1.165, 1.54) is 11.3 Å². The normalized spacial score (nSPS) is 13.0. The van der Waals surface area contributed by atoms with Gasteiger partial charge in [0.15, 0.2) is 5.96 Å². The Morgan fingerprint density at radius 3 is 2.58 bits per heavy atom. The van der Waals surface area contributed by atoms with E-state index in [2.05, 4.69) is 46.7 Å². The monoisotopic (exact) mass is 464 g/mol. The van der Waals surface area contributed by atoms with Gasteiger partial charge in [-0.15, -0.1) is 24.0 Å². The van der Waals surface area contributed by atoms with E-state index in [1.54, 1.807) is 7.05 Å². The van der Waals surface area contributed by atoms with Gasteiger partial charge in [0.25, 0.3) is 5.91 Å². The zero-order valence-electron chi connectivity index (χ0n) is 15.2. The molecular formula is C20H25IN4O. The molecule has 138 valence electrons. The standard InChI is InChI=1S/C20H24N4O.HI/c1-3-22-20(24-13-12-16-6-4-5-7-18(16)24)23-14-15-8-10-17(11-9-15)19(25)21-2;/h4-11H,3,12-14H2,1-2H3,(H,21,25)(H,22,23);1H. The molecule has 6 heteroatoms. The van der Waals surface area contributed by atoms with Crippen LogP contribution in [0.3, 0.4) is 0 Å². The van der Waals surface area contributed by atoms with Crippen molar-refractivity contribution in [3.63, 3.8) is 0 Å². The van der Waals surface area contributed by atoms with Gasteiger partial charge in [-0.1, -0.05) is 30.3 Å². The van der Waals surface area contributed by atoms with Crippen molar-refractivity contribution in [2.75, 3.05) is 25.0 Å². The van der Waals surface area contributed by atoms with Crippen molar-refractivity contribution in [3.8, 4) is 0 Å². The SMILES string of the molecule is CCNC(=NCc1ccc(C(=O)NC)cc1)N1CCc2ccccc21.I. The van der Waals surface area contributed by atoms with Gasteiger partial charge in [-0.05, 0) is 42.7 Å². The van der Waals surface area contributed by atoms with Gasteiger partial charge in [-0.3, -0.25) is 4.79 Å². The minimum absolute atomic E-state index is 0. The first-order chi connectivity index (χ1) is 12.2. The predicted molar refractivity (Wildman–Crippen MR) is 118 cm³/mol. The van der Waals surface area contributed by atoms with Crippen molar-refractivity contribution in [1.82, 2.24) is 10.6 Å². The lowest BCUT2D eigenvalue weighted by atomic mass is 10.1. The van der Waals surface area contributed by atoms with Gasteiger partial charge in [0.05, 0.1) is 6.54 Å². The number of nitrogens with one attached hydrogen (secondary N) is 2. The summed E-state index contributed by atoms with van der Waals surface area (Å²) in [6.45, 7) is 4.43. The van der Waals surface area contributed by atoms with Crippen molar-refractivity contribution in [2.24, 2.45) is 4.99 Å². The average Bonchev–Trinajstić information content (AvgIpc) is 3.09. The molecule has 5 nitrogen and oxygen atoms in total. The van der Waals surface area contributed by atoms with Gasteiger partial charge in [-0.2, -0.15) is 0 Å². The van der Waals surface area contributed by atoms with Crippen molar-refractivity contribution < 1.29 is 4.79 Å². The first-order valence-corrected chi connectivity index (χ1v) is 8.67. The van der Waals surface area contributed by atoms with Crippen LogP contribution in [0.5, 0.6) is 0 Å². The van der Waals surface area contributed by atoms with Gasteiger partial charge < -0.3 is 15.5 Å². The molecule has 0 radical (unpaired) electrons. The van der Waals surface area contributed by atoms with Crippen LogP contribution in [-0.2, 0) is 13.0 Å². The third-order valence-corrected chi connectivity index (χ3v) is 4.33. The van der Waals surface area contributed by atoms with Crippen LogP contribution in [0, 0.1) is 0 Å². The van der Waals surface area contributed by atoms with Gasteiger partial charge in [-0.25, -0.2) is 4.99 Å². The Hall–Kier alpha value is -2.09. The van der Waals surface area contributed by atoms with Crippen LogP contribution < -0.4 is 15.5 Å². The molecular weight excluding hydrogens is 439 g/mol. The molecule has 2 N–H and O–H groups in total. The number of guanidine groups is 1. The van der Waals surface area contributed by atoms with E-state index in [0.717, 1.165) is 31.0 Å². The second-order valence-corrected chi connectivity index (χ2v) is 5.98. The summed E-state index contributed by atoms with van der Waals surface area (Å²) in [5, 5.41) is 6.02. The van der Waals surface area contributed by atoms with Crippen LogP contribution in [0.1, 0.15) is 28.4 Å². The van der Waals surface area contributed by atoms with Crippen LogP contribution in [0.4, 0.5) is 5.69 Å². The van der Waals surface area contributed by atoms with Crippen LogP contribution in [0.25, 0.3) is 0 Å². The Morgan fingerprint density at radius 2 is 1.88 bits per heavy atom. The smallest absolute Gasteiger partial charge is 0.251 e.